The minimum atomic E-state index is -1.20. The van der Waals surface area contributed by atoms with E-state index in [1.165, 1.54) is 0 Å². The highest BCUT2D eigenvalue weighted by atomic mass is 16.6. The molecule has 14 nitrogen and oxygen atoms in total. The Kier molecular flexibility index (Phi) is 18.8. The summed E-state index contributed by atoms with van der Waals surface area (Å²) in [6, 6.07) is 3.95. The monoisotopic (exact) mass is 788 g/mol. The Morgan fingerprint density at radius 3 is 1.80 bits per heavy atom. The van der Waals surface area contributed by atoms with Crippen molar-refractivity contribution in [2.24, 2.45) is 17.6 Å². The van der Waals surface area contributed by atoms with Crippen molar-refractivity contribution < 1.29 is 43.0 Å². The lowest BCUT2D eigenvalue weighted by Crippen LogP contribution is -2.53. The van der Waals surface area contributed by atoms with E-state index >= 15 is 0 Å². The molecule has 1 aliphatic carbocycles. The van der Waals surface area contributed by atoms with Crippen molar-refractivity contribution in [3.8, 4) is 0 Å². The lowest BCUT2D eigenvalue weighted by molar-refractivity contribution is -0.159. The minimum Gasteiger partial charge on any atom is -0.460 e. The number of urea groups is 1. The number of esters is 3. The van der Waals surface area contributed by atoms with Crippen LogP contribution in [-0.4, -0.2) is 83.8 Å². The molecule has 4 amide bonds. The number of unbranched alkanes of at least 4 members (excludes halogenated alkanes) is 1. The van der Waals surface area contributed by atoms with Crippen LogP contribution in [0, 0.1) is 18.8 Å². The first-order valence-corrected chi connectivity index (χ1v) is 20.0. The smallest absolute Gasteiger partial charge is 0.329 e. The van der Waals surface area contributed by atoms with Gasteiger partial charge in [-0.15, -0.1) is 0 Å². The largest absolute Gasteiger partial charge is 0.460 e. The zero-order chi connectivity index (χ0) is 42.3. The van der Waals surface area contributed by atoms with Gasteiger partial charge in [0, 0.05) is 25.3 Å². The fourth-order valence-corrected chi connectivity index (χ4v) is 6.30. The Labute approximate surface area is 333 Å². The maximum Gasteiger partial charge on any atom is 0.329 e. The van der Waals surface area contributed by atoms with Gasteiger partial charge in [0.05, 0.1) is 0 Å². The van der Waals surface area contributed by atoms with Gasteiger partial charge in [-0.25, -0.2) is 14.4 Å². The molecule has 0 aliphatic heterocycles. The van der Waals surface area contributed by atoms with Crippen LogP contribution >= 0.6 is 0 Å². The molecule has 1 aromatic carbocycles. The average Bonchev–Trinajstić information content (AvgIpc) is 3.06. The Morgan fingerprint density at radius 2 is 1.29 bits per heavy atom. The van der Waals surface area contributed by atoms with Crippen LogP contribution in [0.3, 0.4) is 0 Å². The molecule has 1 fully saturated rings. The number of ether oxygens (including phenoxy) is 3. The first kappa shape index (κ1) is 48.0. The Hall–Kier alpha value is -4.20. The number of benzene rings is 1. The number of hydrogen-bond donors (Lipinski definition) is 5. The number of aryl methyl sites for hydroxylation is 1. The van der Waals surface area contributed by atoms with Crippen molar-refractivity contribution in [3.63, 3.8) is 0 Å². The lowest BCUT2D eigenvalue weighted by Gasteiger charge is -2.28. The molecule has 0 heterocycles. The van der Waals surface area contributed by atoms with Gasteiger partial charge in [-0.1, -0.05) is 29.8 Å². The Bertz CT molecular complexity index is 1470. The predicted octanol–water partition coefficient (Wildman–Crippen LogP) is 4.92. The van der Waals surface area contributed by atoms with Crippen molar-refractivity contribution in [3.05, 3.63) is 35.4 Å². The average molecular weight is 788 g/mol. The van der Waals surface area contributed by atoms with Crippen molar-refractivity contribution in [2.75, 3.05) is 13.1 Å². The molecule has 0 unspecified atom stereocenters. The highest BCUT2D eigenvalue weighted by Gasteiger charge is 2.32. The van der Waals surface area contributed by atoms with Gasteiger partial charge in [-0.2, -0.15) is 0 Å². The van der Waals surface area contributed by atoms with Crippen LogP contribution in [0.5, 0.6) is 0 Å². The van der Waals surface area contributed by atoms with E-state index in [9.17, 15) is 28.8 Å². The van der Waals surface area contributed by atoms with Gasteiger partial charge < -0.3 is 41.2 Å². The molecule has 0 radical (unpaired) electrons. The second-order valence-electron chi connectivity index (χ2n) is 17.9. The van der Waals surface area contributed by atoms with E-state index in [-0.39, 0.29) is 43.5 Å². The molecule has 1 aromatic rings. The van der Waals surface area contributed by atoms with E-state index < -0.39 is 58.9 Å². The third-order valence-electron chi connectivity index (χ3n) is 8.98. The molecule has 2 rings (SSSR count). The van der Waals surface area contributed by atoms with Gasteiger partial charge in [0.1, 0.15) is 34.9 Å². The number of carbonyl (C=O) groups excluding carboxylic acids is 6. The van der Waals surface area contributed by atoms with Crippen LogP contribution in [-0.2, 0) is 44.6 Å². The van der Waals surface area contributed by atoms with E-state index in [1.54, 1.807) is 62.3 Å². The zero-order valence-electron chi connectivity index (χ0n) is 35.4. The van der Waals surface area contributed by atoms with Crippen molar-refractivity contribution in [1.82, 2.24) is 21.3 Å². The molecule has 0 saturated heterocycles. The molecule has 1 saturated carbocycles. The quantitative estimate of drug-likeness (QED) is 0.0772. The number of hydrogen-bond acceptors (Lipinski definition) is 10. The highest BCUT2D eigenvalue weighted by Crippen LogP contribution is 2.28. The Morgan fingerprint density at radius 1 is 0.732 bits per heavy atom. The van der Waals surface area contributed by atoms with Crippen molar-refractivity contribution in [1.29, 1.82) is 0 Å². The molecule has 56 heavy (non-hydrogen) atoms. The summed E-state index contributed by atoms with van der Waals surface area (Å²) in [6.45, 7) is 18.2. The normalized spacial score (nSPS) is 17.7. The lowest BCUT2D eigenvalue weighted by atomic mass is 9.81. The molecule has 14 heteroatoms. The number of nitrogens with one attached hydrogen (secondary N) is 4. The molecule has 0 aromatic heterocycles. The van der Waals surface area contributed by atoms with E-state index in [0.29, 0.717) is 31.7 Å². The number of rotatable bonds is 18. The molecule has 6 N–H and O–H groups in total. The first-order chi connectivity index (χ1) is 25.9. The molecular formula is C42H69N5O9. The highest BCUT2D eigenvalue weighted by molar-refractivity contribution is 5.89. The summed E-state index contributed by atoms with van der Waals surface area (Å²) in [7, 11) is 0. The summed E-state index contributed by atoms with van der Waals surface area (Å²) in [6.07, 6.45) is 4.39. The summed E-state index contributed by atoms with van der Waals surface area (Å²) in [5.74, 6) is -2.12. The molecular weight excluding hydrogens is 718 g/mol. The molecule has 0 spiro atoms. The van der Waals surface area contributed by atoms with Crippen molar-refractivity contribution in [2.45, 2.75) is 168 Å². The molecule has 0 bridgehead atoms. The van der Waals surface area contributed by atoms with Gasteiger partial charge in [0.15, 0.2) is 0 Å². The SMILES string of the molecule is Cc1cccc(C[C@H](NC(=O)C2CCC(CN)CC2)C(=O)NCCCC[C@H](NC(=O)N[C@@H](CCC(=O)OC(C)(C)C)C(=O)OC(C)(C)C)C(=O)OC(C)(C)C)c1. The van der Waals surface area contributed by atoms with Gasteiger partial charge in [-0.3, -0.25) is 14.4 Å². The second kappa shape index (κ2) is 21.9. The summed E-state index contributed by atoms with van der Waals surface area (Å²) in [5.41, 5.74) is 5.40. The number of amides is 4. The van der Waals surface area contributed by atoms with Gasteiger partial charge >= 0.3 is 23.9 Å². The standard InChI is InChI=1S/C42H69N5O9/c1-27-14-13-15-29(24-27)25-33(45-35(49)30-19-17-28(26-43)18-20-30)36(50)44-23-12-11-16-31(37(51)55-41(5,6)7)46-39(53)47-32(38(52)56-42(8,9)10)21-22-34(48)54-40(2,3)4/h13-15,24,28,30-33H,11-12,16-23,25-26,43H2,1-10H3,(H,44,50)(H,45,49)(H2,46,47,53)/t28?,30?,31-,32-,33-/m0/s1. The maximum atomic E-state index is 13.5. The summed E-state index contributed by atoms with van der Waals surface area (Å²) >= 11 is 0. The second-order valence-corrected chi connectivity index (χ2v) is 17.9. The number of nitrogens with two attached hydrogens (primary N) is 1. The van der Waals surface area contributed by atoms with E-state index in [0.717, 1.165) is 36.8 Å². The predicted molar refractivity (Wildman–Crippen MR) is 214 cm³/mol. The van der Waals surface area contributed by atoms with E-state index in [2.05, 4.69) is 21.3 Å². The van der Waals surface area contributed by atoms with Gasteiger partial charge in [0.25, 0.3) is 0 Å². The summed E-state index contributed by atoms with van der Waals surface area (Å²) in [5, 5.41) is 11.1. The van der Waals surface area contributed by atoms with Crippen molar-refractivity contribution >= 4 is 35.8 Å². The number of carbonyl (C=O) groups is 6. The maximum absolute atomic E-state index is 13.5. The van der Waals surface area contributed by atoms with Crippen LogP contribution < -0.4 is 27.0 Å². The third kappa shape index (κ3) is 19.6. The topological polar surface area (TPSA) is 204 Å². The third-order valence-corrected chi connectivity index (χ3v) is 8.98. The fourth-order valence-electron chi connectivity index (χ4n) is 6.30. The van der Waals surface area contributed by atoms with Crippen LogP contribution in [0.1, 0.15) is 131 Å². The van der Waals surface area contributed by atoms with Crippen LogP contribution in [0.2, 0.25) is 0 Å². The van der Waals surface area contributed by atoms with E-state index in [4.69, 9.17) is 19.9 Å². The molecule has 1 aliphatic rings. The Balaban J connectivity index is 2.07. The zero-order valence-corrected chi connectivity index (χ0v) is 35.4. The molecule has 316 valence electrons. The first-order valence-electron chi connectivity index (χ1n) is 20.0. The van der Waals surface area contributed by atoms with E-state index in [1.807, 2.05) is 31.2 Å². The van der Waals surface area contributed by atoms with Gasteiger partial charge in [-0.05, 0) is 139 Å². The minimum absolute atomic E-state index is 0.0885. The fraction of sp³-hybridized carbons (Fsp3) is 0.714. The van der Waals surface area contributed by atoms with Crippen LogP contribution in [0.25, 0.3) is 0 Å². The van der Waals surface area contributed by atoms with Crippen LogP contribution in [0.4, 0.5) is 4.79 Å². The summed E-state index contributed by atoms with van der Waals surface area (Å²) < 4.78 is 16.4. The van der Waals surface area contributed by atoms with Crippen LogP contribution in [0.15, 0.2) is 24.3 Å². The molecule has 3 atom stereocenters. The van der Waals surface area contributed by atoms with Gasteiger partial charge in [0.2, 0.25) is 11.8 Å². The summed E-state index contributed by atoms with van der Waals surface area (Å²) in [4.78, 5) is 78.8.